The Kier molecular flexibility index (Phi) is 5.58. The molecule has 0 radical (unpaired) electrons. The predicted octanol–water partition coefficient (Wildman–Crippen LogP) is 2.65. The second kappa shape index (κ2) is 7.64. The summed E-state index contributed by atoms with van der Waals surface area (Å²) in [6.07, 6.45) is 5.31. The minimum Gasteiger partial charge on any atom is -0.452 e. The summed E-state index contributed by atoms with van der Waals surface area (Å²) in [5.74, 6) is -0.853. The molecule has 0 bridgehead atoms. The molecule has 0 unspecified atom stereocenters. The van der Waals surface area contributed by atoms with Crippen molar-refractivity contribution in [2.45, 2.75) is 26.7 Å². The number of nitrogens with one attached hydrogen (secondary N) is 1. The SMILES string of the molecule is C/C=C/C(=O)OCC(=O)Nc1ccc(N2CCCC2)cc1C. The molecule has 1 aromatic carbocycles. The van der Waals surface area contributed by atoms with E-state index in [9.17, 15) is 9.59 Å². The van der Waals surface area contributed by atoms with Gasteiger partial charge in [-0.3, -0.25) is 4.79 Å². The molecule has 0 atom stereocenters. The van der Waals surface area contributed by atoms with E-state index >= 15 is 0 Å². The monoisotopic (exact) mass is 302 g/mol. The number of benzene rings is 1. The van der Waals surface area contributed by atoms with Crippen LogP contribution in [0.4, 0.5) is 11.4 Å². The Morgan fingerprint density at radius 3 is 2.68 bits per heavy atom. The molecule has 1 fully saturated rings. The van der Waals surface area contributed by atoms with Gasteiger partial charge in [0, 0.05) is 30.5 Å². The van der Waals surface area contributed by atoms with Crippen molar-refractivity contribution in [2.24, 2.45) is 0 Å². The van der Waals surface area contributed by atoms with E-state index in [2.05, 4.69) is 16.3 Å². The lowest BCUT2D eigenvalue weighted by atomic mass is 10.1. The van der Waals surface area contributed by atoms with Gasteiger partial charge in [0.25, 0.3) is 5.91 Å². The van der Waals surface area contributed by atoms with Crippen LogP contribution in [0.2, 0.25) is 0 Å². The molecule has 1 heterocycles. The molecule has 0 aliphatic carbocycles. The molecule has 2 rings (SSSR count). The zero-order chi connectivity index (χ0) is 15.9. The van der Waals surface area contributed by atoms with Gasteiger partial charge in [0.2, 0.25) is 0 Å². The predicted molar refractivity (Wildman–Crippen MR) is 87.0 cm³/mol. The third kappa shape index (κ3) is 4.35. The maximum atomic E-state index is 11.8. The van der Waals surface area contributed by atoms with Crippen LogP contribution in [0.5, 0.6) is 0 Å². The van der Waals surface area contributed by atoms with E-state index in [4.69, 9.17) is 4.74 Å². The van der Waals surface area contributed by atoms with Crippen LogP contribution in [0.1, 0.15) is 25.3 Å². The third-order valence-electron chi connectivity index (χ3n) is 3.60. The Morgan fingerprint density at radius 2 is 2.05 bits per heavy atom. The quantitative estimate of drug-likeness (QED) is 0.671. The molecule has 118 valence electrons. The normalized spacial score (nSPS) is 14.4. The second-order valence-corrected chi connectivity index (χ2v) is 5.35. The summed E-state index contributed by atoms with van der Waals surface area (Å²) in [4.78, 5) is 25.3. The van der Waals surface area contributed by atoms with Gasteiger partial charge >= 0.3 is 5.97 Å². The molecule has 22 heavy (non-hydrogen) atoms. The summed E-state index contributed by atoms with van der Waals surface area (Å²) < 4.78 is 4.82. The Labute approximate surface area is 130 Å². The summed E-state index contributed by atoms with van der Waals surface area (Å²) in [6, 6.07) is 5.99. The number of ether oxygens (including phenoxy) is 1. The molecule has 1 amide bonds. The molecule has 1 N–H and O–H groups in total. The van der Waals surface area contributed by atoms with Gasteiger partial charge in [-0.25, -0.2) is 4.79 Å². The van der Waals surface area contributed by atoms with E-state index in [0.717, 1.165) is 24.3 Å². The lowest BCUT2D eigenvalue weighted by molar-refractivity contribution is -0.142. The average Bonchev–Trinajstić information content (AvgIpc) is 3.02. The molecule has 0 spiro atoms. The summed E-state index contributed by atoms with van der Waals surface area (Å²) in [7, 11) is 0. The van der Waals surface area contributed by atoms with E-state index in [1.807, 2.05) is 19.1 Å². The molecule has 5 heteroatoms. The number of esters is 1. The van der Waals surface area contributed by atoms with Gasteiger partial charge in [0.05, 0.1) is 0 Å². The summed E-state index contributed by atoms with van der Waals surface area (Å²) >= 11 is 0. The maximum Gasteiger partial charge on any atom is 0.330 e. The Bertz CT molecular complexity index is 575. The first-order valence-electron chi connectivity index (χ1n) is 7.55. The molecule has 0 saturated carbocycles. The molecule has 1 saturated heterocycles. The molecule has 0 aromatic heterocycles. The van der Waals surface area contributed by atoms with E-state index in [-0.39, 0.29) is 12.5 Å². The first-order valence-corrected chi connectivity index (χ1v) is 7.55. The number of amides is 1. The lowest BCUT2D eigenvalue weighted by Gasteiger charge is -2.19. The second-order valence-electron chi connectivity index (χ2n) is 5.35. The average molecular weight is 302 g/mol. The fourth-order valence-electron chi connectivity index (χ4n) is 2.47. The van der Waals surface area contributed by atoms with Crippen molar-refractivity contribution in [1.82, 2.24) is 0 Å². The maximum absolute atomic E-state index is 11.8. The number of hydrogen-bond donors (Lipinski definition) is 1. The molecular weight excluding hydrogens is 280 g/mol. The first-order chi connectivity index (χ1) is 10.6. The molecule has 1 aliphatic rings. The highest BCUT2D eigenvalue weighted by Crippen LogP contribution is 2.25. The van der Waals surface area contributed by atoms with Crippen LogP contribution in [0.3, 0.4) is 0 Å². The number of hydrogen-bond acceptors (Lipinski definition) is 4. The largest absolute Gasteiger partial charge is 0.452 e. The highest BCUT2D eigenvalue weighted by molar-refractivity contribution is 5.94. The Balaban J connectivity index is 1.92. The number of nitrogens with zero attached hydrogens (tertiary/aromatic N) is 1. The number of allylic oxidation sites excluding steroid dienone is 1. The standard InChI is InChI=1S/C17H22N2O3/c1-3-6-17(21)22-12-16(20)18-15-8-7-14(11-13(15)2)19-9-4-5-10-19/h3,6-8,11H,4-5,9-10,12H2,1-2H3,(H,18,20)/b6-3+. The lowest BCUT2D eigenvalue weighted by Crippen LogP contribution is -2.21. The van der Waals surface area contributed by atoms with Gasteiger partial charge < -0.3 is 15.0 Å². The van der Waals surface area contributed by atoms with Crippen molar-refractivity contribution in [3.63, 3.8) is 0 Å². The molecule has 1 aliphatic heterocycles. The van der Waals surface area contributed by atoms with Crippen LogP contribution in [0.25, 0.3) is 0 Å². The fraction of sp³-hybridized carbons (Fsp3) is 0.412. The van der Waals surface area contributed by atoms with Crippen molar-refractivity contribution in [1.29, 1.82) is 0 Å². The zero-order valence-corrected chi connectivity index (χ0v) is 13.1. The van der Waals surface area contributed by atoms with Crippen LogP contribution in [0.15, 0.2) is 30.4 Å². The molecular formula is C17H22N2O3. The van der Waals surface area contributed by atoms with Crippen LogP contribution >= 0.6 is 0 Å². The van der Waals surface area contributed by atoms with Crippen LogP contribution in [0, 0.1) is 6.92 Å². The fourth-order valence-corrected chi connectivity index (χ4v) is 2.47. The number of aryl methyl sites for hydroxylation is 1. The Hall–Kier alpha value is -2.30. The summed E-state index contributed by atoms with van der Waals surface area (Å²) in [6.45, 7) is 5.57. The molecule has 1 aromatic rings. The topological polar surface area (TPSA) is 58.6 Å². The Morgan fingerprint density at radius 1 is 1.32 bits per heavy atom. The minimum atomic E-state index is -0.515. The van der Waals surface area contributed by atoms with Gasteiger partial charge in [-0.15, -0.1) is 0 Å². The molecule has 5 nitrogen and oxygen atoms in total. The number of carbonyl (C=O) groups excluding carboxylic acids is 2. The summed E-state index contributed by atoms with van der Waals surface area (Å²) in [5.41, 5.74) is 2.93. The minimum absolute atomic E-state index is 0.281. The van der Waals surface area contributed by atoms with Gasteiger partial charge in [-0.05, 0) is 50.5 Å². The highest BCUT2D eigenvalue weighted by atomic mass is 16.5. The van der Waals surface area contributed by atoms with Gasteiger partial charge in [0.1, 0.15) is 0 Å². The van der Waals surface area contributed by atoms with E-state index in [0.29, 0.717) is 0 Å². The van der Waals surface area contributed by atoms with Crippen molar-refractivity contribution in [2.75, 3.05) is 29.9 Å². The first kappa shape index (κ1) is 16.1. The van der Waals surface area contributed by atoms with Crippen molar-refractivity contribution >= 4 is 23.3 Å². The third-order valence-corrected chi connectivity index (χ3v) is 3.60. The van der Waals surface area contributed by atoms with E-state index in [1.165, 1.54) is 24.6 Å². The number of anilines is 2. The number of rotatable bonds is 5. The van der Waals surface area contributed by atoms with Crippen molar-refractivity contribution in [3.05, 3.63) is 35.9 Å². The van der Waals surface area contributed by atoms with Crippen molar-refractivity contribution < 1.29 is 14.3 Å². The van der Waals surface area contributed by atoms with Crippen LogP contribution in [-0.4, -0.2) is 31.6 Å². The van der Waals surface area contributed by atoms with Gasteiger partial charge in [-0.1, -0.05) is 6.08 Å². The van der Waals surface area contributed by atoms with Crippen LogP contribution in [-0.2, 0) is 14.3 Å². The summed E-state index contributed by atoms with van der Waals surface area (Å²) in [5, 5.41) is 2.77. The van der Waals surface area contributed by atoms with Crippen molar-refractivity contribution in [3.8, 4) is 0 Å². The zero-order valence-electron chi connectivity index (χ0n) is 13.1. The number of carbonyl (C=O) groups is 2. The van der Waals surface area contributed by atoms with Gasteiger partial charge in [-0.2, -0.15) is 0 Å². The highest BCUT2D eigenvalue weighted by Gasteiger charge is 2.14. The van der Waals surface area contributed by atoms with Gasteiger partial charge in [0.15, 0.2) is 6.61 Å². The smallest absolute Gasteiger partial charge is 0.330 e. The van der Waals surface area contributed by atoms with E-state index in [1.54, 1.807) is 13.0 Å². The van der Waals surface area contributed by atoms with Crippen LogP contribution < -0.4 is 10.2 Å². The van der Waals surface area contributed by atoms with E-state index < -0.39 is 5.97 Å².